The maximum atomic E-state index is 5.78. The SMILES string of the molecule is CCC(C)Oc1cc(N)nc(-c2ccccc2)n1. The maximum absolute atomic E-state index is 5.78. The van der Waals surface area contributed by atoms with Crippen molar-refractivity contribution in [2.45, 2.75) is 26.4 Å². The quantitative estimate of drug-likeness (QED) is 0.896. The lowest BCUT2D eigenvalue weighted by atomic mass is 10.2. The van der Waals surface area contributed by atoms with Gasteiger partial charge in [0.15, 0.2) is 5.82 Å². The summed E-state index contributed by atoms with van der Waals surface area (Å²) in [7, 11) is 0. The van der Waals surface area contributed by atoms with Gasteiger partial charge in [0, 0.05) is 11.6 Å². The van der Waals surface area contributed by atoms with Gasteiger partial charge in [-0.3, -0.25) is 0 Å². The zero-order valence-electron chi connectivity index (χ0n) is 10.6. The number of aromatic nitrogens is 2. The van der Waals surface area contributed by atoms with Gasteiger partial charge in [0.05, 0.1) is 6.10 Å². The first-order valence-corrected chi connectivity index (χ1v) is 6.05. The zero-order chi connectivity index (χ0) is 13.0. The van der Waals surface area contributed by atoms with Gasteiger partial charge in [-0.1, -0.05) is 37.3 Å². The summed E-state index contributed by atoms with van der Waals surface area (Å²) in [6.45, 7) is 4.06. The van der Waals surface area contributed by atoms with Crippen LogP contribution in [0.1, 0.15) is 20.3 Å². The molecule has 1 aromatic carbocycles. The van der Waals surface area contributed by atoms with Crippen molar-refractivity contribution in [1.82, 2.24) is 9.97 Å². The number of ether oxygens (including phenoxy) is 1. The van der Waals surface area contributed by atoms with E-state index in [0.717, 1.165) is 12.0 Å². The van der Waals surface area contributed by atoms with Gasteiger partial charge in [0.2, 0.25) is 5.88 Å². The Labute approximate surface area is 107 Å². The first-order valence-electron chi connectivity index (χ1n) is 6.05. The van der Waals surface area contributed by atoms with Gasteiger partial charge in [-0.2, -0.15) is 4.98 Å². The van der Waals surface area contributed by atoms with Crippen LogP contribution in [-0.2, 0) is 0 Å². The second-order valence-electron chi connectivity index (χ2n) is 4.16. The van der Waals surface area contributed by atoms with E-state index in [-0.39, 0.29) is 6.10 Å². The standard InChI is InChI=1S/C14H17N3O/c1-3-10(2)18-13-9-12(15)16-14(17-13)11-7-5-4-6-8-11/h4-10H,3H2,1-2H3,(H2,15,16,17). The Morgan fingerprint density at radius 3 is 2.61 bits per heavy atom. The Bertz CT molecular complexity index is 514. The highest BCUT2D eigenvalue weighted by Gasteiger charge is 2.08. The molecule has 2 rings (SSSR count). The summed E-state index contributed by atoms with van der Waals surface area (Å²) in [5.41, 5.74) is 6.71. The van der Waals surface area contributed by atoms with Crippen molar-refractivity contribution in [2.75, 3.05) is 5.73 Å². The monoisotopic (exact) mass is 243 g/mol. The van der Waals surface area contributed by atoms with Crippen LogP contribution >= 0.6 is 0 Å². The van der Waals surface area contributed by atoms with Gasteiger partial charge >= 0.3 is 0 Å². The fraction of sp³-hybridized carbons (Fsp3) is 0.286. The van der Waals surface area contributed by atoms with Crippen LogP contribution in [0.5, 0.6) is 5.88 Å². The van der Waals surface area contributed by atoms with Crippen molar-refractivity contribution in [2.24, 2.45) is 0 Å². The molecule has 2 aromatic rings. The fourth-order valence-corrected chi connectivity index (χ4v) is 1.51. The summed E-state index contributed by atoms with van der Waals surface area (Å²) in [6.07, 6.45) is 1.04. The van der Waals surface area contributed by atoms with E-state index in [2.05, 4.69) is 16.9 Å². The second kappa shape index (κ2) is 5.49. The largest absolute Gasteiger partial charge is 0.475 e. The first kappa shape index (κ1) is 12.4. The van der Waals surface area contributed by atoms with E-state index in [1.807, 2.05) is 37.3 Å². The molecule has 2 N–H and O–H groups in total. The number of nitrogens with zero attached hydrogens (tertiary/aromatic N) is 2. The topological polar surface area (TPSA) is 61.0 Å². The van der Waals surface area contributed by atoms with Gasteiger partial charge in [0.25, 0.3) is 0 Å². The Morgan fingerprint density at radius 1 is 1.22 bits per heavy atom. The molecular formula is C14H17N3O. The van der Waals surface area contributed by atoms with Gasteiger partial charge in [-0.15, -0.1) is 0 Å². The molecular weight excluding hydrogens is 226 g/mol. The minimum Gasteiger partial charge on any atom is -0.475 e. The van der Waals surface area contributed by atoms with Gasteiger partial charge in [0.1, 0.15) is 5.82 Å². The molecule has 0 saturated heterocycles. The molecule has 18 heavy (non-hydrogen) atoms. The molecule has 94 valence electrons. The number of hydrogen-bond donors (Lipinski definition) is 1. The van der Waals surface area contributed by atoms with E-state index in [1.165, 1.54) is 0 Å². The number of hydrogen-bond acceptors (Lipinski definition) is 4. The highest BCUT2D eigenvalue weighted by atomic mass is 16.5. The lowest BCUT2D eigenvalue weighted by molar-refractivity contribution is 0.209. The van der Waals surface area contributed by atoms with Crippen molar-refractivity contribution < 1.29 is 4.74 Å². The van der Waals surface area contributed by atoms with Crippen molar-refractivity contribution in [3.63, 3.8) is 0 Å². The molecule has 0 radical (unpaired) electrons. The highest BCUT2D eigenvalue weighted by molar-refractivity contribution is 5.57. The van der Waals surface area contributed by atoms with E-state index in [4.69, 9.17) is 10.5 Å². The predicted octanol–water partition coefficient (Wildman–Crippen LogP) is 2.90. The second-order valence-corrected chi connectivity index (χ2v) is 4.16. The molecule has 0 bridgehead atoms. The summed E-state index contributed by atoms with van der Waals surface area (Å²) in [5, 5.41) is 0. The summed E-state index contributed by atoms with van der Waals surface area (Å²) in [6, 6.07) is 11.4. The molecule has 0 aliphatic rings. The summed E-state index contributed by atoms with van der Waals surface area (Å²) >= 11 is 0. The van der Waals surface area contributed by atoms with Crippen molar-refractivity contribution >= 4 is 5.82 Å². The summed E-state index contributed by atoms with van der Waals surface area (Å²) in [5.74, 6) is 1.53. The third-order valence-corrected chi connectivity index (χ3v) is 2.65. The Hall–Kier alpha value is -2.10. The number of nitrogens with two attached hydrogens (primary N) is 1. The van der Waals surface area contributed by atoms with Crippen LogP contribution < -0.4 is 10.5 Å². The molecule has 0 saturated carbocycles. The van der Waals surface area contributed by atoms with Crippen LogP contribution in [0.4, 0.5) is 5.82 Å². The Balaban J connectivity index is 2.32. The minimum absolute atomic E-state index is 0.114. The van der Waals surface area contributed by atoms with Crippen LogP contribution in [-0.4, -0.2) is 16.1 Å². The molecule has 0 spiro atoms. The lowest BCUT2D eigenvalue weighted by Gasteiger charge is -2.12. The van der Waals surface area contributed by atoms with E-state index < -0.39 is 0 Å². The molecule has 4 nitrogen and oxygen atoms in total. The summed E-state index contributed by atoms with van der Waals surface area (Å²) in [4.78, 5) is 8.60. The molecule has 0 fully saturated rings. The third-order valence-electron chi connectivity index (χ3n) is 2.65. The number of anilines is 1. The molecule has 1 atom stereocenters. The fourth-order valence-electron chi connectivity index (χ4n) is 1.51. The van der Waals surface area contributed by atoms with Gasteiger partial charge in [-0.05, 0) is 13.3 Å². The van der Waals surface area contributed by atoms with Crippen LogP contribution in [0.2, 0.25) is 0 Å². The normalized spacial score (nSPS) is 12.1. The first-order chi connectivity index (χ1) is 8.69. The van der Waals surface area contributed by atoms with E-state index in [1.54, 1.807) is 6.07 Å². The Morgan fingerprint density at radius 2 is 1.94 bits per heavy atom. The lowest BCUT2D eigenvalue weighted by Crippen LogP contribution is -2.11. The number of nitrogen functional groups attached to an aromatic ring is 1. The third kappa shape index (κ3) is 2.97. The van der Waals surface area contributed by atoms with Gasteiger partial charge in [-0.25, -0.2) is 4.98 Å². The molecule has 0 amide bonds. The van der Waals surface area contributed by atoms with Crippen LogP contribution in [0.25, 0.3) is 11.4 Å². The van der Waals surface area contributed by atoms with Crippen LogP contribution in [0.3, 0.4) is 0 Å². The number of rotatable bonds is 4. The zero-order valence-corrected chi connectivity index (χ0v) is 10.6. The molecule has 1 heterocycles. The average Bonchev–Trinajstić information content (AvgIpc) is 2.39. The van der Waals surface area contributed by atoms with Crippen molar-refractivity contribution in [1.29, 1.82) is 0 Å². The molecule has 0 aliphatic carbocycles. The number of benzene rings is 1. The summed E-state index contributed by atoms with van der Waals surface area (Å²) < 4.78 is 5.68. The molecule has 1 unspecified atom stereocenters. The smallest absolute Gasteiger partial charge is 0.219 e. The predicted molar refractivity (Wildman–Crippen MR) is 72.3 cm³/mol. The van der Waals surface area contributed by atoms with Gasteiger partial charge < -0.3 is 10.5 Å². The average molecular weight is 243 g/mol. The highest BCUT2D eigenvalue weighted by Crippen LogP contribution is 2.20. The van der Waals surface area contributed by atoms with E-state index in [9.17, 15) is 0 Å². The molecule has 4 heteroatoms. The minimum atomic E-state index is 0.114. The molecule has 0 aliphatic heterocycles. The van der Waals surface area contributed by atoms with E-state index in [0.29, 0.717) is 17.5 Å². The van der Waals surface area contributed by atoms with Crippen LogP contribution in [0.15, 0.2) is 36.4 Å². The van der Waals surface area contributed by atoms with E-state index >= 15 is 0 Å². The van der Waals surface area contributed by atoms with Crippen molar-refractivity contribution in [3.8, 4) is 17.3 Å². The maximum Gasteiger partial charge on any atom is 0.219 e. The molecule has 1 aromatic heterocycles. The van der Waals surface area contributed by atoms with Crippen molar-refractivity contribution in [3.05, 3.63) is 36.4 Å². The Kier molecular flexibility index (Phi) is 3.77. The van der Waals surface area contributed by atoms with Crippen LogP contribution in [0, 0.1) is 0 Å².